The minimum atomic E-state index is 0.194. The first-order valence-corrected chi connectivity index (χ1v) is 5.35. The summed E-state index contributed by atoms with van der Waals surface area (Å²) in [6.07, 6.45) is 3.81. The second-order valence-electron chi connectivity index (χ2n) is 3.45. The van der Waals surface area contributed by atoms with Gasteiger partial charge in [0.2, 0.25) is 0 Å². The number of halogens is 1. The third-order valence-corrected chi connectivity index (χ3v) is 2.48. The van der Waals surface area contributed by atoms with Crippen molar-refractivity contribution in [2.45, 2.75) is 0 Å². The third kappa shape index (κ3) is 2.65. The molecule has 0 heterocycles. The largest absolute Gasteiger partial charge is 0.507 e. The molecule has 0 unspecified atom stereocenters. The van der Waals surface area contributed by atoms with E-state index in [0.717, 1.165) is 11.1 Å². The van der Waals surface area contributed by atoms with Crippen molar-refractivity contribution >= 4 is 23.8 Å². The average Bonchev–Trinajstić information content (AvgIpc) is 2.29. The molecule has 80 valence electrons. The zero-order chi connectivity index (χ0) is 11.4. The Morgan fingerprint density at radius 1 is 0.938 bits per heavy atom. The van der Waals surface area contributed by atoms with Gasteiger partial charge in [0, 0.05) is 10.6 Å². The molecule has 1 N–H and O–H groups in total. The fraction of sp³-hybridized carbons (Fsp3) is 0. The third-order valence-electron chi connectivity index (χ3n) is 2.25. The Bertz CT molecular complexity index is 503. The molecule has 0 atom stereocenters. The van der Waals surface area contributed by atoms with Crippen LogP contribution in [0, 0.1) is 0 Å². The van der Waals surface area contributed by atoms with E-state index in [4.69, 9.17) is 11.6 Å². The van der Waals surface area contributed by atoms with Crippen LogP contribution in [0.5, 0.6) is 5.75 Å². The van der Waals surface area contributed by atoms with E-state index < -0.39 is 0 Å². The molecule has 0 aliphatic heterocycles. The molecule has 0 radical (unpaired) electrons. The minimum absolute atomic E-state index is 0.194. The van der Waals surface area contributed by atoms with Gasteiger partial charge < -0.3 is 5.11 Å². The molecular weight excluding hydrogens is 220 g/mol. The lowest BCUT2D eigenvalue weighted by molar-refractivity contribution is 0.474. The summed E-state index contributed by atoms with van der Waals surface area (Å²) in [6.45, 7) is 0. The smallest absolute Gasteiger partial charge is 0.124 e. The lowest BCUT2D eigenvalue weighted by Crippen LogP contribution is -1.75. The van der Waals surface area contributed by atoms with Crippen molar-refractivity contribution in [3.05, 3.63) is 64.7 Å². The minimum Gasteiger partial charge on any atom is -0.507 e. The number of phenols is 1. The molecule has 0 amide bonds. The van der Waals surface area contributed by atoms with Crippen LogP contribution in [-0.4, -0.2) is 5.11 Å². The summed E-state index contributed by atoms with van der Waals surface area (Å²) in [4.78, 5) is 0. The first kappa shape index (κ1) is 10.8. The van der Waals surface area contributed by atoms with Gasteiger partial charge in [-0.3, -0.25) is 0 Å². The maximum atomic E-state index is 9.63. The standard InChI is InChI=1S/C14H11ClO/c15-13-9-8-12(14(16)10-13)7-6-11-4-2-1-3-5-11/h1-10,16H. The molecule has 16 heavy (non-hydrogen) atoms. The number of hydrogen-bond donors (Lipinski definition) is 1. The van der Waals surface area contributed by atoms with Crippen LogP contribution in [0.15, 0.2) is 48.5 Å². The van der Waals surface area contributed by atoms with E-state index in [1.807, 2.05) is 42.5 Å². The van der Waals surface area contributed by atoms with Crippen LogP contribution in [0.2, 0.25) is 5.02 Å². The van der Waals surface area contributed by atoms with Gasteiger partial charge >= 0.3 is 0 Å². The summed E-state index contributed by atoms with van der Waals surface area (Å²) in [7, 11) is 0. The Hall–Kier alpha value is -1.73. The van der Waals surface area contributed by atoms with E-state index in [2.05, 4.69) is 0 Å². The zero-order valence-corrected chi connectivity index (χ0v) is 9.35. The van der Waals surface area contributed by atoms with Gasteiger partial charge in [-0.05, 0) is 23.8 Å². The highest BCUT2D eigenvalue weighted by atomic mass is 35.5. The zero-order valence-electron chi connectivity index (χ0n) is 8.60. The summed E-state index contributed by atoms with van der Waals surface area (Å²) in [5, 5.41) is 10.2. The van der Waals surface area contributed by atoms with Gasteiger partial charge in [-0.2, -0.15) is 0 Å². The average molecular weight is 231 g/mol. The highest BCUT2D eigenvalue weighted by molar-refractivity contribution is 6.30. The molecule has 0 saturated carbocycles. The summed E-state index contributed by atoms with van der Waals surface area (Å²) in [5.74, 6) is 0.194. The van der Waals surface area contributed by atoms with E-state index in [1.165, 1.54) is 6.07 Å². The molecule has 0 aromatic heterocycles. The quantitative estimate of drug-likeness (QED) is 0.766. The van der Waals surface area contributed by atoms with Crippen LogP contribution < -0.4 is 0 Å². The van der Waals surface area contributed by atoms with E-state index in [9.17, 15) is 5.11 Å². The van der Waals surface area contributed by atoms with Crippen molar-refractivity contribution in [3.63, 3.8) is 0 Å². The van der Waals surface area contributed by atoms with E-state index in [0.29, 0.717) is 5.02 Å². The number of phenolic OH excluding ortho intramolecular Hbond substituents is 1. The van der Waals surface area contributed by atoms with E-state index in [1.54, 1.807) is 12.1 Å². The van der Waals surface area contributed by atoms with Crippen molar-refractivity contribution in [1.29, 1.82) is 0 Å². The molecule has 2 aromatic rings. The van der Waals surface area contributed by atoms with Crippen molar-refractivity contribution in [1.82, 2.24) is 0 Å². The molecule has 0 aliphatic carbocycles. The molecule has 0 aliphatic rings. The highest BCUT2D eigenvalue weighted by Crippen LogP contribution is 2.23. The fourth-order valence-electron chi connectivity index (χ4n) is 1.41. The predicted molar refractivity (Wildman–Crippen MR) is 68.5 cm³/mol. The molecule has 0 bridgehead atoms. The topological polar surface area (TPSA) is 20.2 Å². The van der Waals surface area contributed by atoms with Gasteiger partial charge in [-0.25, -0.2) is 0 Å². The van der Waals surface area contributed by atoms with Crippen molar-refractivity contribution < 1.29 is 5.11 Å². The number of aromatic hydroxyl groups is 1. The number of hydrogen-bond acceptors (Lipinski definition) is 1. The molecule has 0 spiro atoms. The summed E-state index contributed by atoms with van der Waals surface area (Å²) < 4.78 is 0. The molecule has 2 aromatic carbocycles. The monoisotopic (exact) mass is 230 g/mol. The second kappa shape index (κ2) is 4.86. The first-order chi connectivity index (χ1) is 7.75. The van der Waals surface area contributed by atoms with Crippen LogP contribution in [0.1, 0.15) is 11.1 Å². The van der Waals surface area contributed by atoms with Gasteiger partial charge in [0.05, 0.1) is 0 Å². The Kier molecular flexibility index (Phi) is 3.28. The molecule has 2 heteroatoms. The lowest BCUT2D eigenvalue weighted by Gasteiger charge is -1.99. The Balaban J connectivity index is 2.24. The molecule has 1 nitrogen and oxygen atoms in total. The van der Waals surface area contributed by atoms with E-state index in [-0.39, 0.29) is 5.75 Å². The Morgan fingerprint density at radius 3 is 2.38 bits per heavy atom. The van der Waals surface area contributed by atoms with Crippen LogP contribution in [0.3, 0.4) is 0 Å². The molecule has 0 fully saturated rings. The van der Waals surface area contributed by atoms with Crippen LogP contribution in [-0.2, 0) is 0 Å². The summed E-state index contributed by atoms with van der Waals surface area (Å²) in [6, 6.07) is 15.0. The van der Waals surface area contributed by atoms with Crippen molar-refractivity contribution in [2.75, 3.05) is 0 Å². The lowest BCUT2D eigenvalue weighted by atomic mass is 10.1. The molecule has 2 rings (SSSR count). The Labute approximate surface area is 99.6 Å². The normalized spacial score (nSPS) is 10.8. The van der Waals surface area contributed by atoms with Gasteiger partial charge in [0.25, 0.3) is 0 Å². The van der Waals surface area contributed by atoms with E-state index >= 15 is 0 Å². The Morgan fingerprint density at radius 2 is 1.69 bits per heavy atom. The maximum absolute atomic E-state index is 9.63. The summed E-state index contributed by atoms with van der Waals surface area (Å²) >= 11 is 5.75. The fourth-order valence-corrected chi connectivity index (χ4v) is 1.57. The van der Waals surface area contributed by atoms with Crippen LogP contribution >= 0.6 is 11.6 Å². The van der Waals surface area contributed by atoms with Crippen LogP contribution in [0.4, 0.5) is 0 Å². The van der Waals surface area contributed by atoms with Crippen LogP contribution in [0.25, 0.3) is 12.2 Å². The highest BCUT2D eigenvalue weighted by Gasteiger charge is 1.97. The SMILES string of the molecule is Oc1cc(Cl)ccc1C=Cc1ccccc1. The van der Waals surface area contributed by atoms with Gasteiger partial charge in [-0.15, -0.1) is 0 Å². The maximum Gasteiger partial charge on any atom is 0.124 e. The molecular formula is C14H11ClO. The number of rotatable bonds is 2. The van der Waals surface area contributed by atoms with Gasteiger partial charge in [0.1, 0.15) is 5.75 Å². The van der Waals surface area contributed by atoms with Gasteiger partial charge in [0.15, 0.2) is 0 Å². The number of benzene rings is 2. The predicted octanol–water partition coefficient (Wildman–Crippen LogP) is 4.22. The molecule has 0 saturated heterocycles. The second-order valence-corrected chi connectivity index (χ2v) is 3.88. The van der Waals surface area contributed by atoms with Crippen molar-refractivity contribution in [3.8, 4) is 5.75 Å². The van der Waals surface area contributed by atoms with Gasteiger partial charge in [-0.1, -0.05) is 54.1 Å². The summed E-state index contributed by atoms with van der Waals surface area (Å²) in [5.41, 5.74) is 1.85. The first-order valence-electron chi connectivity index (χ1n) is 4.97. The van der Waals surface area contributed by atoms with Crippen molar-refractivity contribution in [2.24, 2.45) is 0 Å².